The van der Waals surface area contributed by atoms with Gasteiger partial charge >= 0.3 is 0 Å². The van der Waals surface area contributed by atoms with Crippen molar-refractivity contribution in [3.63, 3.8) is 0 Å². The van der Waals surface area contributed by atoms with Gasteiger partial charge in [-0.1, -0.05) is 127 Å². The zero-order valence-electron chi connectivity index (χ0n) is 33.3. The molecule has 5 heteroatoms. The van der Waals surface area contributed by atoms with E-state index in [1.54, 1.807) is 0 Å². The van der Waals surface area contributed by atoms with Gasteiger partial charge in [-0.3, -0.25) is 0 Å². The number of nitrogens with zero attached hydrogens (tertiary/aromatic N) is 2. The van der Waals surface area contributed by atoms with Crippen LogP contribution in [-0.2, 0) is 0 Å². The van der Waals surface area contributed by atoms with Crippen LogP contribution < -0.4 is 0 Å². The van der Waals surface area contributed by atoms with Gasteiger partial charge in [0.2, 0.25) is 0 Å². The Morgan fingerprint density at radius 1 is 0.421 bits per heavy atom. The molecule has 0 fully saturated rings. The lowest BCUT2D eigenvalue weighted by Crippen LogP contribution is -2.16. The molecule has 0 unspecified atom stereocenters. The van der Waals surface area contributed by atoms with Crippen LogP contribution >= 0.6 is 0 Å². The van der Waals surface area contributed by atoms with Gasteiger partial charge in [-0.15, -0.1) is 5.54 Å². The van der Waals surface area contributed by atoms with Crippen LogP contribution in [0.15, 0.2) is 121 Å². The first-order valence-electron chi connectivity index (χ1n) is 19.6. The Balaban J connectivity index is 1.44. The van der Waals surface area contributed by atoms with Crippen molar-refractivity contribution in [2.75, 3.05) is 0 Å². The molecule has 5 heterocycles. The van der Waals surface area contributed by atoms with Gasteiger partial charge in [0.25, 0.3) is 0 Å². The molecule has 276 valence electrons. The summed E-state index contributed by atoms with van der Waals surface area (Å²) in [4.78, 5) is 18.6. The quantitative estimate of drug-likeness (QED) is 0.139. The van der Waals surface area contributed by atoms with Crippen LogP contribution in [0.2, 0.25) is 19.6 Å². The number of H-pyrrole nitrogens is 2. The summed E-state index contributed by atoms with van der Waals surface area (Å²) in [6, 6.07) is 43.5. The fourth-order valence-corrected chi connectivity index (χ4v) is 8.11. The summed E-state index contributed by atoms with van der Waals surface area (Å²) in [6.07, 6.45) is 8.57. The number of aryl methyl sites for hydroxylation is 3. The molecule has 3 aromatic heterocycles. The Morgan fingerprint density at radius 3 is 1.23 bits per heavy atom. The van der Waals surface area contributed by atoms with Crippen molar-refractivity contribution in [2.45, 2.75) is 40.4 Å². The fourth-order valence-electron chi connectivity index (χ4n) is 7.59. The fraction of sp³-hybridized carbons (Fsp3) is 0.115. The molecule has 4 aromatic carbocycles. The van der Waals surface area contributed by atoms with Crippen LogP contribution in [0.1, 0.15) is 45.0 Å². The van der Waals surface area contributed by atoms with E-state index in [-0.39, 0.29) is 0 Å². The van der Waals surface area contributed by atoms with E-state index in [1.807, 2.05) is 0 Å². The van der Waals surface area contributed by atoms with Gasteiger partial charge in [-0.2, -0.15) is 0 Å². The van der Waals surface area contributed by atoms with Crippen molar-refractivity contribution in [1.82, 2.24) is 19.9 Å². The molecular formula is C52H44N4Si. The monoisotopic (exact) mass is 752 g/mol. The smallest absolute Gasteiger partial charge is 0.129 e. The Bertz CT molecular complexity index is 2850. The Morgan fingerprint density at radius 2 is 0.807 bits per heavy atom. The maximum atomic E-state index is 5.43. The summed E-state index contributed by atoms with van der Waals surface area (Å²) in [5, 5.41) is 0. The summed E-state index contributed by atoms with van der Waals surface area (Å²) in [6.45, 7) is 13.2. The first-order chi connectivity index (χ1) is 27.6. The van der Waals surface area contributed by atoms with E-state index in [4.69, 9.17) is 9.97 Å². The number of benzene rings is 4. The average molecular weight is 753 g/mol. The van der Waals surface area contributed by atoms with Crippen molar-refractivity contribution in [2.24, 2.45) is 0 Å². The molecule has 7 aromatic rings. The van der Waals surface area contributed by atoms with E-state index in [1.165, 1.54) is 16.7 Å². The van der Waals surface area contributed by atoms with Gasteiger partial charge in [-0.25, -0.2) is 9.97 Å². The predicted molar refractivity (Wildman–Crippen MR) is 245 cm³/mol. The second-order valence-corrected chi connectivity index (χ2v) is 20.9. The van der Waals surface area contributed by atoms with Crippen LogP contribution in [0.25, 0.3) is 90.9 Å². The number of hydrogen-bond donors (Lipinski definition) is 2. The molecular weight excluding hydrogens is 709 g/mol. The molecule has 0 aliphatic carbocycles. The Labute approximate surface area is 335 Å². The van der Waals surface area contributed by atoms with Crippen LogP contribution in [-0.4, -0.2) is 28.0 Å². The minimum Gasteiger partial charge on any atom is -0.354 e. The SMILES string of the molecule is Cc1ccc(-c2c3nc(c(-c4ccc(C)cc4)c4ccc([nH]4)c(-c4cccc(C#C[Si](C)(C)C)c4)c4ccc([nH]4)c(-c4ccc(C)cc4)c4nc2C=C4)C=C3)cc1. The third-order valence-corrected chi connectivity index (χ3v) is 11.4. The van der Waals surface area contributed by atoms with Gasteiger partial charge in [0, 0.05) is 49.9 Å². The summed E-state index contributed by atoms with van der Waals surface area (Å²) in [5.41, 5.74) is 24.2. The van der Waals surface area contributed by atoms with Crippen LogP contribution in [0, 0.1) is 32.2 Å². The van der Waals surface area contributed by atoms with Crippen molar-refractivity contribution < 1.29 is 0 Å². The van der Waals surface area contributed by atoms with Gasteiger partial charge in [-0.05, 0) is 104 Å². The van der Waals surface area contributed by atoms with E-state index < -0.39 is 8.07 Å². The minimum absolute atomic E-state index is 0.879. The van der Waals surface area contributed by atoms with E-state index in [0.717, 1.165) is 94.9 Å². The molecule has 0 saturated heterocycles. The zero-order valence-corrected chi connectivity index (χ0v) is 34.3. The normalized spacial score (nSPS) is 12.1. The highest BCUT2D eigenvalue weighted by atomic mass is 28.3. The standard InChI is InChI=1S/C52H44N4Si/c1-33-10-16-37(17-11-33)49-41-22-24-43(53-41)50(38-18-12-34(2)13-19-38)45-26-28-47(55-45)52(40-9-7-8-36(32-40)30-31-57(4,5)6)48-29-27-46(56-48)51(44-25-23-42(49)54-44)39-20-14-35(3)15-21-39/h7-29,32,55-56H,1-6H3. The lowest BCUT2D eigenvalue weighted by Gasteiger charge is -2.08. The lowest BCUT2D eigenvalue weighted by atomic mass is 10.0. The second-order valence-electron chi connectivity index (χ2n) is 16.2. The average Bonchev–Trinajstić information content (AvgIpc) is 4.04. The Hall–Kier alpha value is -6.74. The van der Waals surface area contributed by atoms with Crippen molar-refractivity contribution >= 4 is 54.4 Å². The number of aromatic amines is 2. The molecule has 0 spiro atoms. The summed E-state index contributed by atoms with van der Waals surface area (Å²) >= 11 is 0. The second kappa shape index (κ2) is 14.4. The molecule has 2 aliphatic rings. The molecule has 2 aliphatic heterocycles. The van der Waals surface area contributed by atoms with E-state index in [2.05, 4.69) is 207 Å². The Kier molecular flexibility index (Phi) is 9.08. The third kappa shape index (κ3) is 7.24. The first-order valence-corrected chi connectivity index (χ1v) is 23.1. The maximum Gasteiger partial charge on any atom is 0.129 e. The van der Waals surface area contributed by atoms with Crippen molar-refractivity contribution in [3.8, 4) is 56.0 Å². The summed E-state index contributed by atoms with van der Waals surface area (Å²) in [7, 11) is -1.58. The van der Waals surface area contributed by atoms with Crippen LogP contribution in [0.3, 0.4) is 0 Å². The summed E-state index contributed by atoms with van der Waals surface area (Å²) < 4.78 is 0. The van der Waals surface area contributed by atoms with E-state index in [9.17, 15) is 0 Å². The number of fused-ring (bicyclic) bond motifs is 8. The topological polar surface area (TPSA) is 57.4 Å². The molecule has 8 bridgehead atoms. The molecule has 9 rings (SSSR count). The van der Waals surface area contributed by atoms with E-state index in [0.29, 0.717) is 0 Å². The number of nitrogens with one attached hydrogen (secondary N) is 2. The highest BCUT2D eigenvalue weighted by Gasteiger charge is 2.20. The molecule has 2 N–H and O–H groups in total. The third-order valence-electron chi connectivity index (χ3n) is 10.5. The molecule has 0 atom stereocenters. The molecule has 57 heavy (non-hydrogen) atoms. The number of hydrogen-bond acceptors (Lipinski definition) is 2. The minimum atomic E-state index is -1.58. The number of rotatable bonds is 4. The lowest BCUT2D eigenvalue weighted by molar-refractivity contribution is 1.27. The van der Waals surface area contributed by atoms with Crippen LogP contribution in [0.5, 0.6) is 0 Å². The summed E-state index contributed by atoms with van der Waals surface area (Å²) in [5.74, 6) is 3.50. The van der Waals surface area contributed by atoms with Crippen molar-refractivity contribution in [1.29, 1.82) is 0 Å². The largest absolute Gasteiger partial charge is 0.354 e. The molecule has 4 nitrogen and oxygen atoms in total. The molecule has 0 saturated carbocycles. The zero-order chi connectivity index (χ0) is 39.3. The molecule has 0 amide bonds. The number of aromatic nitrogens is 4. The van der Waals surface area contributed by atoms with Gasteiger partial charge in [0.05, 0.1) is 22.8 Å². The van der Waals surface area contributed by atoms with Gasteiger partial charge in [0.15, 0.2) is 0 Å². The predicted octanol–water partition coefficient (Wildman–Crippen LogP) is 13.5. The van der Waals surface area contributed by atoms with Crippen LogP contribution in [0.4, 0.5) is 0 Å². The van der Waals surface area contributed by atoms with Crippen molar-refractivity contribution in [3.05, 3.63) is 166 Å². The first kappa shape index (κ1) is 35.9. The highest BCUT2D eigenvalue weighted by Crippen LogP contribution is 2.38. The maximum absolute atomic E-state index is 5.43. The molecule has 0 radical (unpaired) electrons. The highest BCUT2D eigenvalue weighted by molar-refractivity contribution is 6.83. The van der Waals surface area contributed by atoms with Gasteiger partial charge in [0.1, 0.15) is 8.07 Å². The van der Waals surface area contributed by atoms with E-state index >= 15 is 0 Å². The van der Waals surface area contributed by atoms with Gasteiger partial charge < -0.3 is 9.97 Å².